The van der Waals surface area contributed by atoms with E-state index in [-0.39, 0.29) is 6.61 Å². The van der Waals surface area contributed by atoms with Gasteiger partial charge in [-0.15, -0.1) is 11.3 Å². The third kappa shape index (κ3) is 4.97. The van der Waals surface area contributed by atoms with Crippen molar-refractivity contribution < 1.29 is 14.3 Å². The first-order chi connectivity index (χ1) is 13.6. The quantitative estimate of drug-likeness (QED) is 0.567. The number of nitrogens with one attached hydrogen (secondary N) is 2. The summed E-state index contributed by atoms with van der Waals surface area (Å²) in [7, 11) is 0. The minimum absolute atomic E-state index is 0.207. The van der Waals surface area contributed by atoms with Crippen LogP contribution in [0.5, 0.6) is 5.75 Å². The van der Waals surface area contributed by atoms with Crippen LogP contribution in [0.3, 0.4) is 0 Å². The number of hydrogen-bond acceptors (Lipinski definition) is 5. The Hall–Kier alpha value is -3.15. The molecule has 1 aromatic heterocycles. The van der Waals surface area contributed by atoms with Gasteiger partial charge < -0.3 is 4.74 Å². The second-order valence-corrected chi connectivity index (χ2v) is 8.06. The number of carbonyl (C=O) groups is 2. The first-order valence-electron chi connectivity index (χ1n) is 8.13. The van der Waals surface area contributed by atoms with E-state index in [1.165, 1.54) is 11.3 Å². The summed E-state index contributed by atoms with van der Waals surface area (Å²) >= 11 is 4.55. The Balaban J connectivity index is 1.60. The molecule has 3 aromatic rings. The lowest BCUT2D eigenvalue weighted by Gasteiger charge is -2.10. The van der Waals surface area contributed by atoms with E-state index in [1.54, 1.807) is 48.5 Å². The zero-order valence-electron chi connectivity index (χ0n) is 14.4. The molecule has 0 bridgehead atoms. The summed E-state index contributed by atoms with van der Waals surface area (Å²) < 4.78 is 6.53. The highest BCUT2D eigenvalue weighted by Gasteiger charge is 2.12. The Bertz CT molecular complexity index is 1060. The molecule has 0 saturated heterocycles. The summed E-state index contributed by atoms with van der Waals surface area (Å²) in [6, 6.07) is 19.3. The van der Waals surface area contributed by atoms with Crippen LogP contribution in [0.1, 0.15) is 31.2 Å². The number of hydrogen-bond donors (Lipinski definition) is 2. The molecule has 0 atom stereocenters. The van der Waals surface area contributed by atoms with Crippen LogP contribution < -0.4 is 15.6 Å². The van der Waals surface area contributed by atoms with Gasteiger partial charge in [0, 0.05) is 11.1 Å². The predicted octanol–water partition coefficient (Wildman–Crippen LogP) is 4.04. The van der Waals surface area contributed by atoms with Gasteiger partial charge in [0.2, 0.25) is 0 Å². The van der Waals surface area contributed by atoms with Crippen LogP contribution in [-0.4, -0.2) is 11.8 Å². The average molecular weight is 456 g/mol. The molecule has 2 amide bonds. The third-order valence-corrected chi connectivity index (χ3v) is 5.34. The van der Waals surface area contributed by atoms with Crippen LogP contribution in [0.15, 0.2) is 64.5 Å². The molecule has 0 aliphatic rings. The van der Waals surface area contributed by atoms with E-state index in [9.17, 15) is 9.59 Å². The number of carbonyl (C=O) groups excluding carboxylic acids is 2. The number of rotatable bonds is 5. The lowest BCUT2D eigenvalue weighted by atomic mass is 10.1. The van der Waals surface area contributed by atoms with Crippen molar-refractivity contribution in [2.75, 3.05) is 0 Å². The van der Waals surface area contributed by atoms with Crippen LogP contribution in [0.4, 0.5) is 0 Å². The van der Waals surface area contributed by atoms with Gasteiger partial charge in [0.05, 0.1) is 20.3 Å². The summed E-state index contributed by atoms with van der Waals surface area (Å²) in [5.41, 5.74) is 6.39. The van der Waals surface area contributed by atoms with Crippen molar-refractivity contribution in [2.24, 2.45) is 0 Å². The highest BCUT2D eigenvalue weighted by atomic mass is 79.9. The van der Waals surface area contributed by atoms with Crippen LogP contribution in [0.25, 0.3) is 0 Å². The first-order valence-corrected chi connectivity index (χ1v) is 9.74. The molecule has 2 aromatic carbocycles. The van der Waals surface area contributed by atoms with Crippen molar-refractivity contribution in [1.82, 2.24) is 10.9 Å². The molecular weight excluding hydrogens is 442 g/mol. The van der Waals surface area contributed by atoms with Gasteiger partial charge in [-0.25, -0.2) is 0 Å². The zero-order chi connectivity index (χ0) is 19.9. The normalized spacial score (nSPS) is 10.0. The number of thiophene rings is 1. The van der Waals surface area contributed by atoms with Crippen molar-refractivity contribution in [3.8, 4) is 11.8 Å². The monoisotopic (exact) mass is 455 g/mol. The average Bonchev–Trinajstić information content (AvgIpc) is 3.17. The van der Waals surface area contributed by atoms with E-state index < -0.39 is 11.8 Å². The van der Waals surface area contributed by atoms with Gasteiger partial charge >= 0.3 is 0 Å². The van der Waals surface area contributed by atoms with Gasteiger partial charge in [0.1, 0.15) is 12.4 Å². The number of halogens is 1. The van der Waals surface area contributed by atoms with E-state index in [0.717, 1.165) is 9.35 Å². The maximum absolute atomic E-state index is 12.3. The van der Waals surface area contributed by atoms with Crippen molar-refractivity contribution >= 4 is 39.1 Å². The Morgan fingerprint density at radius 1 is 1.04 bits per heavy atom. The number of amides is 2. The summed E-state index contributed by atoms with van der Waals surface area (Å²) in [4.78, 5) is 24.7. The Labute approximate surface area is 173 Å². The molecule has 0 aliphatic carbocycles. The Morgan fingerprint density at radius 2 is 1.82 bits per heavy atom. The first kappa shape index (κ1) is 19.6. The minimum atomic E-state index is -0.466. The predicted molar refractivity (Wildman–Crippen MR) is 109 cm³/mol. The smallest absolute Gasteiger partial charge is 0.279 e. The summed E-state index contributed by atoms with van der Waals surface area (Å²) in [6.45, 7) is 0.207. The van der Waals surface area contributed by atoms with Crippen molar-refractivity contribution in [3.63, 3.8) is 0 Å². The molecule has 0 fully saturated rings. The summed E-state index contributed by atoms with van der Waals surface area (Å²) in [5.74, 6) is -0.384. The molecule has 1 heterocycles. The Morgan fingerprint density at radius 3 is 2.57 bits per heavy atom. The van der Waals surface area contributed by atoms with Gasteiger partial charge in [0.15, 0.2) is 0 Å². The molecule has 0 radical (unpaired) electrons. The number of ether oxygens (including phenoxy) is 1. The highest BCUT2D eigenvalue weighted by Crippen LogP contribution is 2.21. The Kier molecular flexibility index (Phi) is 6.42. The number of benzene rings is 2. The van der Waals surface area contributed by atoms with Gasteiger partial charge in [0.25, 0.3) is 11.8 Å². The summed E-state index contributed by atoms with van der Waals surface area (Å²) in [5, 5.41) is 9.13. The highest BCUT2D eigenvalue weighted by molar-refractivity contribution is 9.11. The molecule has 2 N–H and O–H groups in total. The fourth-order valence-electron chi connectivity index (χ4n) is 2.33. The lowest BCUT2D eigenvalue weighted by Crippen LogP contribution is -2.41. The SMILES string of the molecule is N#Cc1ccccc1COc1cccc(C(=O)NNC(=O)c2ccc(Br)s2)c1. The fraction of sp³-hybridized carbons (Fsp3) is 0.0500. The van der Waals surface area contributed by atoms with Gasteiger partial charge in [-0.1, -0.05) is 24.3 Å². The minimum Gasteiger partial charge on any atom is -0.489 e. The van der Waals surface area contributed by atoms with E-state index in [4.69, 9.17) is 10.00 Å². The van der Waals surface area contributed by atoms with Crippen molar-refractivity contribution in [1.29, 1.82) is 5.26 Å². The molecule has 8 heteroatoms. The van der Waals surface area contributed by atoms with E-state index in [0.29, 0.717) is 21.8 Å². The fourth-order valence-corrected chi connectivity index (χ4v) is 3.61. The molecule has 0 unspecified atom stereocenters. The maximum Gasteiger partial charge on any atom is 0.279 e. The molecule has 140 valence electrons. The lowest BCUT2D eigenvalue weighted by molar-refractivity contribution is 0.0848. The number of nitrogens with zero attached hydrogens (tertiary/aromatic N) is 1. The summed E-state index contributed by atoms with van der Waals surface area (Å²) in [6.07, 6.45) is 0. The number of nitriles is 1. The van der Waals surface area contributed by atoms with Crippen LogP contribution in [0.2, 0.25) is 0 Å². The standard InChI is InChI=1S/C20H14BrN3O3S/c21-18-9-8-17(28-18)20(26)24-23-19(25)13-6-3-7-16(10-13)27-12-15-5-2-1-4-14(15)11-22/h1-10H,12H2,(H,23,25)(H,24,26). The van der Waals surface area contributed by atoms with Crippen LogP contribution >= 0.6 is 27.3 Å². The van der Waals surface area contributed by atoms with Crippen LogP contribution in [0, 0.1) is 11.3 Å². The molecule has 3 rings (SSSR count). The molecule has 0 aliphatic heterocycles. The molecule has 6 nitrogen and oxygen atoms in total. The molecular formula is C20H14BrN3O3S. The van der Waals surface area contributed by atoms with Crippen molar-refractivity contribution in [3.05, 3.63) is 86.0 Å². The zero-order valence-corrected chi connectivity index (χ0v) is 16.8. The van der Waals surface area contributed by atoms with E-state index >= 15 is 0 Å². The second-order valence-electron chi connectivity index (χ2n) is 5.60. The third-order valence-electron chi connectivity index (χ3n) is 3.71. The van der Waals surface area contributed by atoms with Gasteiger partial charge in [-0.2, -0.15) is 5.26 Å². The van der Waals surface area contributed by atoms with Gasteiger partial charge in [-0.05, 0) is 52.3 Å². The van der Waals surface area contributed by atoms with E-state index in [2.05, 4.69) is 32.9 Å². The number of hydrazine groups is 1. The molecule has 0 saturated carbocycles. The van der Waals surface area contributed by atoms with Crippen LogP contribution in [-0.2, 0) is 6.61 Å². The molecule has 28 heavy (non-hydrogen) atoms. The van der Waals surface area contributed by atoms with Crippen molar-refractivity contribution in [2.45, 2.75) is 6.61 Å². The van der Waals surface area contributed by atoms with E-state index in [1.807, 2.05) is 12.1 Å². The topological polar surface area (TPSA) is 91.2 Å². The molecule has 0 spiro atoms. The second kappa shape index (κ2) is 9.17. The maximum atomic E-state index is 12.3. The largest absolute Gasteiger partial charge is 0.489 e. The van der Waals surface area contributed by atoms with Gasteiger partial charge in [-0.3, -0.25) is 20.4 Å².